The van der Waals surface area contributed by atoms with Crippen LogP contribution in [0.15, 0.2) is 17.0 Å². The average molecular weight is 314 g/mol. The Bertz CT molecular complexity index is 596. The van der Waals surface area contributed by atoms with Gasteiger partial charge in [0.1, 0.15) is 5.82 Å². The first-order chi connectivity index (χ1) is 9.94. The molecule has 1 aliphatic rings. The normalized spacial score (nSPS) is 16.5. The Hall–Kier alpha value is -0.980. The maximum absolute atomic E-state index is 13.7. The molecule has 3 N–H and O–H groups in total. The lowest BCUT2D eigenvalue weighted by molar-refractivity contribution is 0.495. The summed E-state index contributed by atoms with van der Waals surface area (Å²) in [5.41, 5.74) is 5.99. The van der Waals surface area contributed by atoms with Crippen molar-refractivity contribution >= 4 is 10.0 Å². The lowest BCUT2D eigenvalue weighted by Crippen LogP contribution is -2.26. The number of benzene rings is 1. The second-order valence-electron chi connectivity index (χ2n) is 5.75. The Labute approximate surface area is 126 Å². The van der Waals surface area contributed by atoms with Crippen LogP contribution in [0.5, 0.6) is 0 Å². The van der Waals surface area contributed by atoms with Crippen LogP contribution in [-0.2, 0) is 16.6 Å². The Morgan fingerprint density at radius 3 is 2.62 bits per heavy atom. The van der Waals surface area contributed by atoms with E-state index in [1.54, 1.807) is 6.92 Å². The van der Waals surface area contributed by atoms with E-state index in [4.69, 9.17) is 5.73 Å². The van der Waals surface area contributed by atoms with Gasteiger partial charge in [-0.05, 0) is 37.0 Å². The number of aryl methyl sites for hydroxylation is 1. The molecular weight excluding hydrogens is 291 g/mol. The number of hydrogen-bond acceptors (Lipinski definition) is 3. The third-order valence-electron chi connectivity index (χ3n) is 4.15. The first-order valence-electron chi connectivity index (χ1n) is 7.43. The molecular formula is C15H23FN2O2S. The van der Waals surface area contributed by atoms with Gasteiger partial charge < -0.3 is 5.73 Å². The first kappa shape index (κ1) is 16.4. The minimum atomic E-state index is -3.60. The fraction of sp³-hybridized carbons (Fsp3) is 0.600. The predicted octanol–water partition coefficient (Wildman–Crippen LogP) is 2.45. The zero-order valence-electron chi connectivity index (χ0n) is 12.4. The van der Waals surface area contributed by atoms with Crippen molar-refractivity contribution in [2.75, 3.05) is 6.54 Å². The summed E-state index contributed by atoms with van der Waals surface area (Å²) in [5.74, 6) is 0.199. The molecule has 0 unspecified atom stereocenters. The number of nitrogens with one attached hydrogen (secondary N) is 1. The molecule has 6 heteroatoms. The number of hydrogen-bond donors (Lipinski definition) is 2. The smallest absolute Gasteiger partial charge is 0.240 e. The maximum Gasteiger partial charge on any atom is 0.240 e. The van der Waals surface area contributed by atoms with E-state index in [-0.39, 0.29) is 17.0 Å². The Kier molecular flexibility index (Phi) is 5.35. The highest BCUT2D eigenvalue weighted by atomic mass is 32.2. The molecule has 0 bridgehead atoms. The molecule has 0 atom stereocenters. The molecule has 1 aromatic carbocycles. The van der Waals surface area contributed by atoms with Crippen LogP contribution in [-0.4, -0.2) is 15.0 Å². The Balaban J connectivity index is 2.06. The molecule has 1 saturated carbocycles. The van der Waals surface area contributed by atoms with Gasteiger partial charge in [-0.3, -0.25) is 0 Å². The molecule has 0 aromatic heterocycles. The Morgan fingerprint density at radius 1 is 1.33 bits per heavy atom. The second kappa shape index (κ2) is 6.85. The lowest BCUT2D eigenvalue weighted by Gasteiger charge is -2.12. The summed E-state index contributed by atoms with van der Waals surface area (Å²) in [6.45, 7) is 1.96. The molecule has 0 saturated heterocycles. The van der Waals surface area contributed by atoms with E-state index >= 15 is 0 Å². The van der Waals surface area contributed by atoms with Crippen molar-refractivity contribution in [2.45, 2.75) is 50.5 Å². The third kappa shape index (κ3) is 4.02. The van der Waals surface area contributed by atoms with E-state index in [0.29, 0.717) is 18.0 Å². The van der Waals surface area contributed by atoms with E-state index in [0.717, 1.165) is 6.42 Å². The van der Waals surface area contributed by atoms with Gasteiger partial charge in [-0.1, -0.05) is 25.7 Å². The van der Waals surface area contributed by atoms with Gasteiger partial charge in [0.25, 0.3) is 0 Å². The highest BCUT2D eigenvalue weighted by Gasteiger charge is 2.19. The van der Waals surface area contributed by atoms with Gasteiger partial charge in [-0.25, -0.2) is 17.5 Å². The predicted molar refractivity (Wildman–Crippen MR) is 80.8 cm³/mol. The summed E-state index contributed by atoms with van der Waals surface area (Å²) in [6.07, 6.45) is 5.73. The van der Waals surface area contributed by atoms with Crippen LogP contribution in [0.1, 0.15) is 43.2 Å². The minimum absolute atomic E-state index is 0.0158. The largest absolute Gasteiger partial charge is 0.326 e. The highest BCUT2D eigenvalue weighted by Crippen LogP contribution is 2.27. The lowest BCUT2D eigenvalue weighted by atomic mass is 10.1. The van der Waals surface area contributed by atoms with Gasteiger partial charge in [-0.15, -0.1) is 0 Å². The summed E-state index contributed by atoms with van der Waals surface area (Å²) < 4.78 is 40.9. The van der Waals surface area contributed by atoms with Gasteiger partial charge in [-0.2, -0.15) is 0 Å². The topological polar surface area (TPSA) is 72.2 Å². The number of halogens is 1. The standard InChI is InChI=1S/C15H23FN2O2S/c1-11-8-14(9-13(10-17)15(11)16)21(19,20)18-7-6-12-4-2-3-5-12/h8-9,12,18H,2-7,10,17H2,1H3. The third-order valence-corrected chi connectivity index (χ3v) is 5.59. The average Bonchev–Trinajstić information content (AvgIpc) is 2.94. The van der Waals surface area contributed by atoms with Crippen LogP contribution in [0, 0.1) is 18.7 Å². The molecule has 4 nitrogen and oxygen atoms in total. The molecule has 0 amide bonds. The molecule has 21 heavy (non-hydrogen) atoms. The molecule has 0 aliphatic heterocycles. The van der Waals surface area contributed by atoms with Crippen molar-refractivity contribution in [1.82, 2.24) is 4.72 Å². The SMILES string of the molecule is Cc1cc(S(=O)(=O)NCCC2CCCC2)cc(CN)c1F. The highest BCUT2D eigenvalue weighted by molar-refractivity contribution is 7.89. The van der Waals surface area contributed by atoms with Crippen LogP contribution >= 0.6 is 0 Å². The van der Waals surface area contributed by atoms with Crippen molar-refractivity contribution in [3.8, 4) is 0 Å². The fourth-order valence-electron chi connectivity index (χ4n) is 2.89. The zero-order valence-corrected chi connectivity index (χ0v) is 13.2. The number of sulfonamides is 1. The van der Waals surface area contributed by atoms with Gasteiger partial charge in [0.2, 0.25) is 10.0 Å². The molecule has 1 fully saturated rings. The van der Waals surface area contributed by atoms with Crippen molar-refractivity contribution < 1.29 is 12.8 Å². The molecule has 1 aromatic rings. The number of nitrogens with two attached hydrogens (primary N) is 1. The first-order valence-corrected chi connectivity index (χ1v) is 8.91. The van der Waals surface area contributed by atoms with Crippen molar-refractivity contribution in [1.29, 1.82) is 0 Å². The van der Waals surface area contributed by atoms with Crippen LogP contribution in [0.4, 0.5) is 4.39 Å². The summed E-state index contributed by atoms with van der Waals surface area (Å²) in [5, 5.41) is 0. The maximum atomic E-state index is 13.7. The summed E-state index contributed by atoms with van der Waals surface area (Å²) in [4.78, 5) is 0.0910. The summed E-state index contributed by atoms with van der Waals surface area (Å²) in [6, 6.07) is 2.67. The molecule has 118 valence electrons. The van der Waals surface area contributed by atoms with E-state index in [9.17, 15) is 12.8 Å². The van der Waals surface area contributed by atoms with Gasteiger partial charge in [0.05, 0.1) is 4.90 Å². The van der Waals surface area contributed by atoms with Gasteiger partial charge in [0.15, 0.2) is 0 Å². The number of rotatable bonds is 6. The van der Waals surface area contributed by atoms with Crippen LogP contribution in [0.3, 0.4) is 0 Å². The Morgan fingerprint density at radius 2 is 2.00 bits per heavy atom. The zero-order chi connectivity index (χ0) is 15.5. The second-order valence-corrected chi connectivity index (χ2v) is 7.52. The molecule has 0 radical (unpaired) electrons. The molecule has 0 heterocycles. The van der Waals surface area contributed by atoms with Crippen molar-refractivity contribution in [3.05, 3.63) is 29.1 Å². The molecule has 1 aliphatic carbocycles. The molecule has 2 rings (SSSR count). The van der Waals surface area contributed by atoms with Crippen molar-refractivity contribution in [2.24, 2.45) is 11.7 Å². The van der Waals surface area contributed by atoms with Crippen LogP contribution in [0.2, 0.25) is 0 Å². The summed E-state index contributed by atoms with van der Waals surface area (Å²) in [7, 11) is -3.60. The quantitative estimate of drug-likeness (QED) is 0.847. The van der Waals surface area contributed by atoms with E-state index in [2.05, 4.69) is 4.72 Å². The monoisotopic (exact) mass is 314 g/mol. The van der Waals surface area contributed by atoms with Crippen molar-refractivity contribution in [3.63, 3.8) is 0 Å². The fourth-order valence-corrected chi connectivity index (χ4v) is 4.07. The summed E-state index contributed by atoms with van der Waals surface area (Å²) >= 11 is 0. The molecule has 0 spiro atoms. The van der Waals surface area contributed by atoms with E-state index in [1.807, 2.05) is 0 Å². The van der Waals surface area contributed by atoms with Gasteiger partial charge in [0, 0.05) is 18.7 Å². The van der Waals surface area contributed by atoms with Crippen LogP contribution in [0.25, 0.3) is 0 Å². The van der Waals surface area contributed by atoms with E-state index in [1.165, 1.54) is 37.8 Å². The minimum Gasteiger partial charge on any atom is -0.326 e. The van der Waals surface area contributed by atoms with E-state index < -0.39 is 15.8 Å². The van der Waals surface area contributed by atoms with Crippen LogP contribution < -0.4 is 10.5 Å². The van der Waals surface area contributed by atoms with Gasteiger partial charge >= 0.3 is 0 Å².